The zero-order valence-corrected chi connectivity index (χ0v) is 12.5. The van der Waals surface area contributed by atoms with Crippen LogP contribution < -0.4 is 15.8 Å². The molecule has 0 spiro atoms. The van der Waals surface area contributed by atoms with Gasteiger partial charge in [0.05, 0.1) is 23.7 Å². The number of benzene rings is 2. The number of carbonyl (C=O) groups is 1. The number of nitrogen functional groups attached to an aromatic ring is 1. The van der Waals surface area contributed by atoms with Crippen molar-refractivity contribution in [3.8, 4) is 5.75 Å². The molecule has 0 atom stereocenters. The Hall–Kier alpha value is -2.20. The van der Waals surface area contributed by atoms with E-state index in [9.17, 15) is 4.79 Å². The van der Waals surface area contributed by atoms with Gasteiger partial charge in [0.2, 0.25) is 5.91 Å². The summed E-state index contributed by atoms with van der Waals surface area (Å²) < 4.78 is 5.48. The second-order valence-electron chi connectivity index (χ2n) is 4.65. The molecule has 1 amide bonds. The maximum Gasteiger partial charge on any atom is 0.227 e. The first-order chi connectivity index (χ1) is 10.1. The van der Waals surface area contributed by atoms with Gasteiger partial charge in [-0.1, -0.05) is 23.7 Å². The number of hydrogen-bond acceptors (Lipinski definition) is 3. The molecule has 21 heavy (non-hydrogen) atoms. The van der Waals surface area contributed by atoms with Gasteiger partial charge in [-0.25, -0.2) is 0 Å². The van der Waals surface area contributed by atoms with Crippen LogP contribution >= 0.6 is 11.6 Å². The summed E-state index contributed by atoms with van der Waals surface area (Å²) in [5.74, 6) is 0.549. The number of rotatable bonds is 5. The van der Waals surface area contributed by atoms with Gasteiger partial charge in [0.15, 0.2) is 0 Å². The highest BCUT2D eigenvalue weighted by Gasteiger charge is 2.08. The predicted octanol–water partition coefficient (Wildman–Crippen LogP) is 3.64. The third kappa shape index (κ3) is 4.39. The number of halogens is 1. The zero-order chi connectivity index (χ0) is 15.2. The molecule has 0 aliphatic heterocycles. The van der Waals surface area contributed by atoms with E-state index in [-0.39, 0.29) is 12.3 Å². The normalized spacial score (nSPS) is 10.2. The van der Waals surface area contributed by atoms with Gasteiger partial charge >= 0.3 is 0 Å². The number of hydrogen-bond donors (Lipinski definition) is 2. The Morgan fingerprint density at radius 3 is 2.62 bits per heavy atom. The topological polar surface area (TPSA) is 64.3 Å². The highest BCUT2D eigenvalue weighted by atomic mass is 35.5. The third-order valence-corrected chi connectivity index (χ3v) is 3.28. The van der Waals surface area contributed by atoms with E-state index in [2.05, 4.69) is 5.32 Å². The number of anilines is 2. The summed E-state index contributed by atoms with van der Waals surface area (Å²) >= 11 is 6.06. The monoisotopic (exact) mass is 304 g/mol. The maximum atomic E-state index is 11.9. The number of amides is 1. The van der Waals surface area contributed by atoms with E-state index in [0.29, 0.717) is 28.8 Å². The van der Waals surface area contributed by atoms with Crippen molar-refractivity contribution in [3.63, 3.8) is 0 Å². The fourth-order valence-electron chi connectivity index (χ4n) is 1.82. The molecule has 0 saturated carbocycles. The molecule has 0 bridgehead atoms. The molecule has 2 rings (SSSR count). The summed E-state index contributed by atoms with van der Waals surface area (Å²) in [5.41, 5.74) is 7.84. The average Bonchev–Trinajstić information content (AvgIpc) is 2.45. The fraction of sp³-hybridized carbons (Fsp3) is 0.188. The summed E-state index contributed by atoms with van der Waals surface area (Å²) in [5, 5.41) is 3.33. The highest BCUT2D eigenvalue weighted by Crippen LogP contribution is 2.25. The first-order valence-corrected chi connectivity index (χ1v) is 6.97. The minimum Gasteiger partial charge on any atom is -0.493 e. The van der Waals surface area contributed by atoms with Crippen LogP contribution in [0.25, 0.3) is 0 Å². The standard InChI is InChI=1S/C16H17ClN2O2/c1-11-3-2-4-14(17)16(11)19-15(20)9-10-21-13-7-5-12(18)6-8-13/h2-8H,9-10,18H2,1H3,(H,19,20). The smallest absolute Gasteiger partial charge is 0.227 e. The molecule has 0 fully saturated rings. The Labute approximate surface area is 128 Å². The van der Waals surface area contributed by atoms with Crippen LogP contribution in [0.15, 0.2) is 42.5 Å². The molecule has 0 aliphatic carbocycles. The number of nitrogens with one attached hydrogen (secondary N) is 1. The Kier molecular flexibility index (Phi) is 5.06. The van der Waals surface area contributed by atoms with Gasteiger partial charge in [-0.3, -0.25) is 4.79 Å². The van der Waals surface area contributed by atoms with Crippen LogP contribution in [-0.2, 0) is 4.79 Å². The second kappa shape index (κ2) is 6.99. The molecule has 2 aromatic rings. The molecular weight excluding hydrogens is 288 g/mol. The lowest BCUT2D eigenvalue weighted by atomic mass is 10.2. The van der Waals surface area contributed by atoms with Crippen LogP contribution in [0.1, 0.15) is 12.0 Å². The third-order valence-electron chi connectivity index (χ3n) is 2.96. The number of nitrogens with two attached hydrogens (primary N) is 1. The van der Waals surface area contributed by atoms with Crippen LogP contribution in [0.5, 0.6) is 5.75 Å². The van der Waals surface area contributed by atoms with E-state index in [1.165, 1.54) is 0 Å². The minimum absolute atomic E-state index is 0.137. The first-order valence-electron chi connectivity index (χ1n) is 6.59. The van der Waals surface area contributed by atoms with E-state index >= 15 is 0 Å². The Morgan fingerprint density at radius 1 is 1.24 bits per heavy atom. The average molecular weight is 305 g/mol. The molecular formula is C16H17ClN2O2. The van der Waals surface area contributed by atoms with E-state index in [1.54, 1.807) is 30.3 Å². The molecule has 0 aliphatic rings. The lowest BCUT2D eigenvalue weighted by molar-refractivity contribution is -0.116. The van der Waals surface area contributed by atoms with Crippen molar-refractivity contribution in [2.45, 2.75) is 13.3 Å². The number of carbonyl (C=O) groups excluding carboxylic acids is 1. The van der Waals surface area contributed by atoms with Crippen molar-refractivity contribution >= 4 is 28.9 Å². The van der Waals surface area contributed by atoms with E-state index in [4.69, 9.17) is 22.1 Å². The molecule has 4 nitrogen and oxygen atoms in total. The molecule has 0 unspecified atom stereocenters. The Bertz CT molecular complexity index is 606. The van der Waals surface area contributed by atoms with Gasteiger partial charge in [-0.2, -0.15) is 0 Å². The van der Waals surface area contributed by atoms with Crippen LogP contribution in [-0.4, -0.2) is 12.5 Å². The van der Waals surface area contributed by atoms with E-state index < -0.39 is 0 Å². The molecule has 0 radical (unpaired) electrons. The van der Waals surface area contributed by atoms with Crippen molar-refractivity contribution < 1.29 is 9.53 Å². The van der Waals surface area contributed by atoms with Crippen molar-refractivity contribution in [1.29, 1.82) is 0 Å². The Morgan fingerprint density at radius 2 is 1.95 bits per heavy atom. The van der Waals surface area contributed by atoms with Crippen LogP contribution in [0.2, 0.25) is 5.02 Å². The van der Waals surface area contributed by atoms with Gasteiger partial charge in [0, 0.05) is 5.69 Å². The summed E-state index contributed by atoms with van der Waals surface area (Å²) in [7, 11) is 0. The minimum atomic E-state index is -0.137. The van der Waals surface area contributed by atoms with Crippen molar-refractivity contribution in [2.75, 3.05) is 17.7 Å². The lowest BCUT2D eigenvalue weighted by Crippen LogP contribution is -2.16. The second-order valence-corrected chi connectivity index (χ2v) is 5.05. The summed E-state index contributed by atoms with van der Waals surface area (Å²) in [4.78, 5) is 11.9. The predicted molar refractivity (Wildman–Crippen MR) is 85.8 cm³/mol. The van der Waals surface area contributed by atoms with Crippen LogP contribution in [0, 0.1) is 6.92 Å². The summed E-state index contributed by atoms with van der Waals surface area (Å²) in [6.45, 7) is 2.19. The molecule has 2 aromatic carbocycles. The number of aryl methyl sites for hydroxylation is 1. The van der Waals surface area contributed by atoms with Gasteiger partial charge < -0.3 is 15.8 Å². The molecule has 110 valence electrons. The number of para-hydroxylation sites is 1. The van der Waals surface area contributed by atoms with Gasteiger partial charge in [-0.15, -0.1) is 0 Å². The molecule has 0 aromatic heterocycles. The fourth-order valence-corrected chi connectivity index (χ4v) is 2.09. The zero-order valence-electron chi connectivity index (χ0n) is 11.7. The summed E-state index contributed by atoms with van der Waals surface area (Å²) in [6.07, 6.45) is 0.245. The van der Waals surface area contributed by atoms with Gasteiger partial charge in [-0.05, 0) is 42.8 Å². The quantitative estimate of drug-likeness (QED) is 0.829. The Balaban J connectivity index is 1.84. The SMILES string of the molecule is Cc1cccc(Cl)c1NC(=O)CCOc1ccc(N)cc1. The first kappa shape index (κ1) is 15.2. The van der Waals surface area contributed by atoms with Crippen LogP contribution in [0.4, 0.5) is 11.4 Å². The molecule has 0 heterocycles. The summed E-state index contributed by atoms with van der Waals surface area (Å²) in [6, 6.07) is 12.5. The number of ether oxygens (including phenoxy) is 1. The van der Waals surface area contributed by atoms with Crippen LogP contribution in [0.3, 0.4) is 0 Å². The highest BCUT2D eigenvalue weighted by molar-refractivity contribution is 6.33. The van der Waals surface area contributed by atoms with Crippen molar-refractivity contribution in [3.05, 3.63) is 53.1 Å². The lowest BCUT2D eigenvalue weighted by Gasteiger charge is -2.11. The van der Waals surface area contributed by atoms with E-state index in [1.807, 2.05) is 19.1 Å². The largest absolute Gasteiger partial charge is 0.493 e. The van der Waals surface area contributed by atoms with Gasteiger partial charge in [0.25, 0.3) is 0 Å². The van der Waals surface area contributed by atoms with Gasteiger partial charge in [0.1, 0.15) is 5.75 Å². The molecule has 3 N–H and O–H groups in total. The maximum absolute atomic E-state index is 11.9. The molecule has 0 saturated heterocycles. The van der Waals surface area contributed by atoms with E-state index in [0.717, 1.165) is 5.56 Å². The van der Waals surface area contributed by atoms with Crippen molar-refractivity contribution in [1.82, 2.24) is 0 Å². The molecule has 5 heteroatoms. The van der Waals surface area contributed by atoms with Crippen molar-refractivity contribution in [2.24, 2.45) is 0 Å².